The van der Waals surface area contributed by atoms with Crippen LogP contribution >= 0.6 is 15.9 Å². The first-order chi connectivity index (χ1) is 10.6. The highest BCUT2D eigenvalue weighted by Gasteiger charge is 2.30. The van der Waals surface area contributed by atoms with Crippen LogP contribution in [0, 0.1) is 26.2 Å². The van der Waals surface area contributed by atoms with Crippen LogP contribution in [0.3, 0.4) is 0 Å². The van der Waals surface area contributed by atoms with Crippen LogP contribution in [0.5, 0.6) is 5.75 Å². The van der Waals surface area contributed by atoms with Gasteiger partial charge in [0.05, 0.1) is 0 Å². The van der Waals surface area contributed by atoms with E-state index in [4.69, 9.17) is 4.74 Å². The Bertz CT molecular complexity index is 627. The van der Waals surface area contributed by atoms with Gasteiger partial charge in [0.2, 0.25) is 0 Å². The highest BCUT2D eigenvalue weighted by Crippen LogP contribution is 2.35. The van der Waals surface area contributed by atoms with E-state index < -0.39 is 6.10 Å². The highest BCUT2D eigenvalue weighted by atomic mass is 79.9. The molecule has 2 atom stereocenters. The van der Waals surface area contributed by atoms with Crippen molar-refractivity contribution < 1.29 is 9.84 Å². The maximum absolute atomic E-state index is 10.6. The number of alkyl halides is 1. The van der Waals surface area contributed by atoms with E-state index in [-0.39, 0.29) is 11.5 Å². The molecule has 0 saturated carbocycles. The lowest BCUT2D eigenvalue weighted by molar-refractivity contribution is 0.0854. The number of halogens is 1. The van der Waals surface area contributed by atoms with Crippen LogP contribution in [-0.4, -0.2) is 22.6 Å². The summed E-state index contributed by atoms with van der Waals surface area (Å²) in [6.45, 7) is 12.7. The van der Waals surface area contributed by atoms with Gasteiger partial charge in [-0.1, -0.05) is 60.5 Å². The molecule has 0 bridgehead atoms. The normalized spacial score (nSPS) is 21.7. The van der Waals surface area contributed by atoms with Gasteiger partial charge in [0.1, 0.15) is 18.0 Å². The summed E-state index contributed by atoms with van der Waals surface area (Å²) >= 11 is 3.49. The summed E-state index contributed by atoms with van der Waals surface area (Å²) in [7, 11) is 0. The van der Waals surface area contributed by atoms with Crippen LogP contribution < -0.4 is 4.74 Å². The van der Waals surface area contributed by atoms with Gasteiger partial charge in [-0.3, -0.25) is 0 Å². The summed E-state index contributed by atoms with van der Waals surface area (Å²) in [6.07, 6.45) is 3.17. The van der Waals surface area contributed by atoms with Crippen LogP contribution in [0.4, 0.5) is 0 Å². The zero-order chi connectivity index (χ0) is 17.4. The molecule has 0 radical (unpaired) electrons. The number of rotatable bonds is 3. The van der Waals surface area contributed by atoms with E-state index in [0.717, 1.165) is 22.4 Å². The fraction of sp³-hybridized carbons (Fsp3) is 0.500. The van der Waals surface area contributed by atoms with Crippen molar-refractivity contribution in [3.63, 3.8) is 0 Å². The Morgan fingerprint density at radius 2 is 1.70 bits per heavy atom. The van der Waals surface area contributed by atoms with E-state index in [1.807, 2.05) is 0 Å². The Balaban J connectivity index is 2.39. The van der Waals surface area contributed by atoms with Crippen LogP contribution in [0.25, 0.3) is 0 Å². The molecule has 1 aromatic carbocycles. The molecule has 2 nitrogen and oxygen atoms in total. The van der Waals surface area contributed by atoms with Gasteiger partial charge in [0.15, 0.2) is 0 Å². The van der Waals surface area contributed by atoms with Crippen LogP contribution in [0.2, 0.25) is 0 Å². The molecule has 0 saturated heterocycles. The summed E-state index contributed by atoms with van der Waals surface area (Å²) in [5, 5.41) is 11.3. The molecule has 0 fully saturated rings. The SMILES string of the molecule is Cc1cc(C)c(OC2C=C(C(C)(C)C)C=C(CBr)C2O)c(C)c1. The van der Waals surface area contributed by atoms with E-state index in [0.29, 0.717) is 5.33 Å². The van der Waals surface area contributed by atoms with E-state index in [2.05, 4.69) is 81.8 Å². The Kier molecular flexibility index (Phi) is 5.42. The Morgan fingerprint density at radius 1 is 1.13 bits per heavy atom. The smallest absolute Gasteiger partial charge is 0.147 e. The third kappa shape index (κ3) is 4.07. The molecule has 3 heteroatoms. The minimum atomic E-state index is -0.624. The number of aliphatic hydroxyl groups excluding tert-OH is 1. The second kappa shape index (κ2) is 6.82. The summed E-state index contributed by atoms with van der Waals surface area (Å²) in [6, 6.07) is 4.24. The molecule has 1 aromatic rings. The van der Waals surface area contributed by atoms with Gasteiger partial charge < -0.3 is 9.84 Å². The standard InChI is InChI=1S/C20H27BrO2/c1-12-7-13(2)19(14(3)8-12)23-17-10-16(20(4,5)6)9-15(11-21)18(17)22/h7-10,17-18,22H,11H2,1-6H3. The van der Waals surface area contributed by atoms with Gasteiger partial charge in [-0.25, -0.2) is 0 Å². The average molecular weight is 379 g/mol. The summed E-state index contributed by atoms with van der Waals surface area (Å²) < 4.78 is 6.25. The summed E-state index contributed by atoms with van der Waals surface area (Å²) in [5.41, 5.74) is 5.62. The zero-order valence-electron chi connectivity index (χ0n) is 14.9. The first-order valence-electron chi connectivity index (χ1n) is 8.04. The Labute approximate surface area is 148 Å². The van der Waals surface area contributed by atoms with Crippen molar-refractivity contribution in [2.75, 3.05) is 5.33 Å². The Hall–Kier alpha value is -1.06. The molecular formula is C20H27BrO2. The number of allylic oxidation sites excluding steroid dienone is 2. The fourth-order valence-corrected chi connectivity index (χ4v) is 3.48. The summed E-state index contributed by atoms with van der Waals surface area (Å²) in [4.78, 5) is 0. The second-order valence-corrected chi connectivity index (χ2v) is 8.04. The molecule has 0 heterocycles. The van der Waals surface area contributed by atoms with Crippen molar-refractivity contribution in [3.05, 3.63) is 52.1 Å². The molecule has 1 N–H and O–H groups in total. The minimum Gasteiger partial charge on any atom is -0.483 e. The molecule has 2 unspecified atom stereocenters. The summed E-state index contributed by atoms with van der Waals surface area (Å²) in [5.74, 6) is 0.875. The molecule has 1 aliphatic carbocycles. The lowest BCUT2D eigenvalue weighted by Crippen LogP contribution is -2.36. The monoisotopic (exact) mass is 378 g/mol. The second-order valence-electron chi connectivity index (χ2n) is 7.48. The van der Waals surface area contributed by atoms with E-state index in [1.165, 1.54) is 11.1 Å². The van der Waals surface area contributed by atoms with Crippen LogP contribution in [-0.2, 0) is 0 Å². The third-order valence-electron chi connectivity index (χ3n) is 4.25. The van der Waals surface area contributed by atoms with Crippen molar-refractivity contribution in [2.24, 2.45) is 5.41 Å². The van der Waals surface area contributed by atoms with Gasteiger partial charge in [-0.05, 0) is 54.5 Å². The van der Waals surface area contributed by atoms with E-state index in [9.17, 15) is 5.11 Å². The first kappa shape index (κ1) is 18.3. The number of ether oxygens (including phenoxy) is 1. The Morgan fingerprint density at radius 3 is 2.17 bits per heavy atom. The number of hydrogen-bond donors (Lipinski definition) is 1. The van der Waals surface area contributed by atoms with Crippen molar-refractivity contribution >= 4 is 15.9 Å². The lowest BCUT2D eigenvalue weighted by Gasteiger charge is -2.32. The van der Waals surface area contributed by atoms with Gasteiger partial charge >= 0.3 is 0 Å². The third-order valence-corrected chi connectivity index (χ3v) is 4.90. The molecule has 126 valence electrons. The molecular weight excluding hydrogens is 352 g/mol. The van der Waals surface area contributed by atoms with Crippen LogP contribution in [0.15, 0.2) is 35.4 Å². The van der Waals surface area contributed by atoms with Gasteiger partial charge in [0.25, 0.3) is 0 Å². The number of benzene rings is 1. The van der Waals surface area contributed by atoms with Gasteiger partial charge in [0, 0.05) is 5.33 Å². The molecule has 0 aliphatic heterocycles. The molecule has 23 heavy (non-hydrogen) atoms. The number of aliphatic hydroxyl groups is 1. The van der Waals surface area contributed by atoms with Crippen LogP contribution in [0.1, 0.15) is 37.5 Å². The topological polar surface area (TPSA) is 29.5 Å². The molecule has 0 aromatic heterocycles. The van der Waals surface area contributed by atoms with Gasteiger partial charge in [-0.15, -0.1) is 0 Å². The van der Waals surface area contributed by atoms with Crippen molar-refractivity contribution in [1.29, 1.82) is 0 Å². The number of hydrogen-bond acceptors (Lipinski definition) is 2. The maximum Gasteiger partial charge on any atom is 0.147 e. The maximum atomic E-state index is 10.6. The van der Waals surface area contributed by atoms with Crippen molar-refractivity contribution in [1.82, 2.24) is 0 Å². The first-order valence-corrected chi connectivity index (χ1v) is 9.17. The average Bonchev–Trinajstić information content (AvgIpc) is 2.43. The predicted octanol–water partition coefficient (Wildman–Crippen LogP) is 5.03. The van der Waals surface area contributed by atoms with Crippen molar-refractivity contribution in [3.8, 4) is 5.75 Å². The lowest BCUT2D eigenvalue weighted by atomic mass is 9.80. The minimum absolute atomic E-state index is 0.0204. The predicted molar refractivity (Wildman–Crippen MR) is 100 cm³/mol. The van der Waals surface area contributed by atoms with E-state index in [1.54, 1.807) is 0 Å². The zero-order valence-corrected chi connectivity index (χ0v) is 16.5. The molecule has 0 spiro atoms. The fourth-order valence-electron chi connectivity index (χ4n) is 2.98. The molecule has 1 aliphatic rings. The molecule has 0 amide bonds. The largest absolute Gasteiger partial charge is 0.483 e. The quantitative estimate of drug-likeness (QED) is 0.747. The van der Waals surface area contributed by atoms with E-state index >= 15 is 0 Å². The highest BCUT2D eigenvalue weighted by molar-refractivity contribution is 9.09. The number of aryl methyl sites for hydroxylation is 3. The molecule has 2 rings (SSSR count). The van der Waals surface area contributed by atoms with Gasteiger partial charge in [-0.2, -0.15) is 0 Å². The van der Waals surface area contributed by atoms with Crippen molar-refractivity contribution in [2.45, 2.75) is 53.8 Å².